The van der Waals surface area contributed by atoms with E-state index in [0.717, 1.165) is 11.1 Å². The fourth-order valence-corrected chi connectivity index (χ4v) is 7.41. The normalized spacial score (nSPS) is 22.1. The van der Waals surface area contributed by atoms with E-state index in [4.69, 9.17) is 9.26 Å². The Balaban J connectivity index is 1.16. The Hall–Kier alpha value is -4.91. The molecular formula is C37H46N6O7. The van der Waals surface area contributed by atoms with Crippen molar-refractivity contribution in [2.75, 3.05) is 32.7 Å². The molecule has 2 atom stereocenters. The number of hydrogen-bond acceptors (Lipinski definition) is 9. The number of aromatic nitrogens is 1. The highest BCUT2D eigenvalue weighted by Crippen LogP contribution is 2.32. The van der Waals surface area contributed by atoms with E-state index in [1.165, 1.54) is 0 Å². The topological polar surface area (TPSA) is 166 Å². The lowest BCUT2D eigenvalue weighted by Gasteiger charge is -2.42. The molecule has 1 aromatic heterocycles. The first-order valence-electron chi connectivity index (χ1n) is 17.4. The molecule has 13 heteroatoms. The van der Waals surface area contributed by atoms with Gasteiger partial charge in [-0.15, -0.1) is 0 Å². The molecule has 3 aliphatic heterocycles. The fraction of sp³-hybridized carbons (Fsp3) is 0.486. The number of amides is 4. The summed E-state index contributed by atoms with van der Waals surface area (Å²) in [4.78, 5) is 57.5. The first-order chi connectivity index (χ1) is 24.2. The van der Waals surface area contributed by atoms with Gasteiger partial charge < -0.3 is 35.2 Å². The van der Waals surface area contributed by atoms with Crippen molar-refractivity contribution in [2.45, 2.75) is 70.7 Å². The first kappa shape index (κ1) is 34.9. The number of aryl methyl sites for hydroxylation is 1. The summed E-state index contributed by atoms with van der Waals surface area (Å²) in [6.45, 7) is 4.86. The van der Waals surface area contributed by atoms with Crippen LogP contribution in [-0.4, -0.2) is 82.1 Å². The quantitative estimate of drug-likeness (QED) is 0.321. The maximum Gasteiger partial charge on any atom is 0.410 e. The molecule has 0 bridgehead atoms. The van der Waals surface area contributed by atoms with E-state index < -0.39 is 17.5 Å². The van der Waals surface area contributed by atoms with Gasteiger partial charge in [0.15, 0.2) is 5.76 Å². The van der Waals surface area contributed by atoms with Crippen LogP contribution in [0.2, 0.25) is 0 Å². The first-order valence-corrected chi connectivity index (χ1v) is 17.4. The molecule has 1 spiro atoms. The third-order valence-electron chi connectivity index (χ3n) is 10.3. The van der Waals surface area contributed by atoms with Gasteiger partial charge >= 0.3 is 6.09 Å². The van der Waals surface area contributed by atoms with Crippen LogP contribution in [0.1, 0.15) is 71.5 Å². The molecule has 0 radical (unpaired) electrons. The highest BCUT2D eigenvalue weighted by molar-refractivity contribution is 5.97. The highest BCUT2D eigenvalue weighted by atomic mass is 16.6. The number of hydrogen-bond donors (Lipinski definition) is 4. The number of phenolic OH excluding ortho intramolecular Hbond substituents is 1. The molecule has 0 aliphatic carbocycles. The number of aromatic hydroxyl groups is 1. The smallest absolute Gasteiger partial charge is 0.410 e. The zero-order chi connectivity index (χ0) is 35.1. The molecule has 4 N–H and O–H groups in total. The summed E-state index contributed by atoms with van der Waals surface area (Å²) >= 11 is 0. The Morgan fingerprint density at radius 3 is 2.52 bits per heavy atom. The van der Waals surface area contributed by atoms with Gasteiger partial charge in [-0.05, 0) is 56.1 Å². The van der Waals surface area contributed by atoms with Gasteiger partial charge in [0, 0.05) is 57.7 Å². The van der Waals surface area contributed by atoms with E-state index in [1.54, 1.807) is 24.0 Å². The predicted octanol–water partition coefficient (Wildman–Crippen LogP) is 3.64. The van der Waals surface area contributed by atoms with Crippen molar-refractivity contribution in [1.82, 2.24) is 30.9 Å². The number of fused-ring (bicyclic) bond motifs is 2. The van der Waals surface area contributed by atoms with Crippen molar-refractivity contribution in [1.29, 1.82) is 0 Å². The number of ether oxygens (including phenoxy) is 1. The number of phenols is 1. The number of benzene rings is 2. The molecule has 13 nitrogen and oxygen atoms in total. The lowest BCUT2D eigenvalue weighted by molar-refractivity contribution is -0.124. The monoisotopic (exact) mass is 686 g/mol. The van der Waals surface area contributed by atoms with Crippen LogP contribution in [0.25, 0.3) is 0 Å². The standard InChI is InChI=1S/C37H46N6O7/c1-25-34-31(50-41-25)21-39-32(45)19-27-12-16-43(36(48)49-24-26-7-3-2-4-8-26)23-28(27)11-15-38-33(46)20-37(40-35(34)47)13-17-42(18-14-37)22-29-9-5-6-10-30(29)44/h2-10,27-28,44H,11-24H2,1H3,(H,38,46)(H,39,45)(H,40,47)/t27-,28-/m0/s1. The largest absolute Gasteiger partial charge is 0.508 e. The predicted molar refractivity (Wildman–Crippen MR) is 183 cm³/mol. The Morgan fingerprint density at radius 1 is 0.980 bits per heavy atom. The molecular weight excluding hydrogens is 640 g/mol. The van der Waals surface area contributed by atoms with Crippen molar-refractivity contribution >= 4 is 23.8 Å². The number of carbonyl (C=O) groups excluding carboxylic acids is 4. The molecule has 3 aliphatic rings. The van der Waals surface area contributed by atoms with Crippen LogP contribution in [-0.2, 0) is 34.0 Å². The molecule has 0 unspecified atom stereocenters. The average molecular weight is 687 g/mol. The van der Waals surface area contributed by atoms with Gasteiger partial charge in [0.05, 0.1) is 17.8 Å². The minimum Gasteiger partial charge on any atom is -0.508 e. The number of rotatable bonds is 4. The van der Waals surface area contributed by atoms with Crippen LogP contribution < -0.4 is 16.0 Å². The molecule has 0 saturated carbocycles. The van der Waals surface area contributed by atoms with Gasteiger partial charge in [0.2, 0.25) is 11.8 Å². The molecule has 4 heterocycles. The van der Waals surface area contributed by atoms with Crippen LogP contribution in [0.3, 0.4) is 0 Å². The Morgan fingerprint density at radius 2 is 1.74 bits per heavy atom. The molecule has 266 valence electrons. The van der Waals surface area contributed by atoms with E-state index in [2.05, 4.69) is 26.0 Å². The molecule has 2 fully saturated rings. The number of nitrogens with zero attached hydrogens (tertiary/aromatic N) is 3. The maximum atomic E-state index is 13.8. The Labute approximate surface area is 291 Å². The minimum absolute atomic E-state index is 0.000414. The van der Waals surface area contributed by atoms with E-state index in [-0.39, 0.29) is 66.7 Å². The van der Waals surface area contributed by atoms with E-state index >= 15 is 0 Å². The highest BCUT2D eigenvalue weighted by Gasteiger charge is 2.40. The molecule has 3 aromatic rings. The van der Waals surface area contributed by atoms with E-state index in [0.29, 0.717) is 70.6 Å². The summed E-state index contributed by atoms with van der Waals surface area (Å²) in [5.41, 5.74) is 1.55. The van der Waals surface area contributed by atoms with Crippen LogP contribution in [0.15, 0.2) is 59.1 Å². The van der Waals surface area contributed by atoms with Gasteiger partial charge in [-0.1, -0.05) is 53.7 Å². The lowest BCUT2D eigenvalue weighted by Crippen LogP contribution is -2.57. The average Bonchev–Trinajstić information content (AvgIpc) is 3.49. The molecule has 50 heavy (non-hydrogen) atoms. The summed E-state index contributed by atoms with van der Waals surface area (Å²) in [5, 5.41) is 23.5. The van der Waals surface area contributed by atoms with Gasteiger partial charge in [-0.2, -0.15) is 0 Å². The summed E-state index contributed by atoms with van der Waals surface area (Å²) in [6.07, 6.45) is 2.15. The molecule has 2 saturated heterocycles. The summed E-state index contributed by atoms with van der Waals surface area (Å²) in [6, 6.07) is 16.7. The van der Waals surface area contributed by atoms with Crippen LogP contribution in [0.5, 0.6) is 5.75 Å². The summed E-state index contributed by atoms with van der Waals surface area (Å²) in [7, 11) is 0. The number of likely N-dealkylation sites (tertiary alicyclic amines) is 2. The van der Waals surface area contributed by atoms with Crippen molar-refractivity contribution < 1.29 is 33.5 Å². The zero-order valence-corrected chi connectivity index (χ0v) is 28.5. The van der Waals surface area contributed by atoms with Gasteiger partial charge in [-0.3, -0.25) is 19.3 Å². The summed E-state index contributed by atoms with van der Waals surface area (Å²) < 4.78 is 11.1. The second kappa shape index (κ2) is 15.8. The number of piperidine rings is 2. The summed E-state index contributed by atoms with van der Waals surface area (Å²) in [5.74, 6) is -0.334. The zero-order valence-electron chi connectivity index (χ0n) is 28.5. The van der Waals surface area contributed by atoms with Gasteiger partial charge in [0.1, 0.15) is 17.9 Å². The van der Waals surface area contributed by atoms with Crippen LogP contribution >= 0.6 is 0 Å². The van der Waals surface area contributed by atoms with Crippen molar-refractivity contribution in [3.8, 4) is 5.75 Å². The second-order valence-corrected chi connectivity index (χ2v) is 13.8. The Bertz CT molecular complexity index is 1670. The van der Waals surface area contributed by atoms with Crippen LogP contribution in [0, 0.1) is 18.8 Å². The molecule has 2 aromatic carbocycles. The SMILES string of the molecule is Cc1noc2c1C(=O)NC1(CCN(Cc3ccccc3O)CC1)CC(=O)NCC[C@H]1CN(C(=O)OCc3ccccc3)CC[C@H]1CC(=O)NC2. The van der Waals surface area contributed by atoms with Gasteiger partial charge in [-0.25, -0.2) is 4.79 Å². The molecule has 4 amide bonds. The minimum atomic E-state index is -0.829. The lowest BCUT2D eigenvalue weighted by atomic mass is 9.80. The number of carbonyl (C=O) groups is 4. The van der Waals surface area contributed by atoms with Crippen LogP contribution in [0.4, 0.5) is 4.79 Å². The maximum absolute atomic E-state index is 13.8. The van der Waals surface area contributed by atoms with Crippen molar-refractivity contribution in [3.63, 3.8) is 0 Å². The van der Waals surface area contributed by atoms with E-state index in [1.807, 2.05) is 42.5 Å². The van der Waals surface area contributed by atoms with Crippen molar-refractivity contribution in [3.05, 3.63) is 82.7 Å². The number of para-hydroxylation sites is 1. The fourth-order valence-electron chi connectivity index (χ4n) is 7.41. The van der Waals surface area contributed by atoms with E-state index in [9.17, 15) is 24.3 Å². The molecule has 6 rings (SSSR count). The van der Waals surface area contributed by atoms with Gasteiger partial charge in [0.25, 0.3) is 5.91 Å². The van der Waals surface area contributed by atoms with Crippen molar-refractivity contribution in [2.24, 2.45) is 11.8 Å². The second-order valence-electron chi connectivity index (χ2n) is 13.8. The number of nitrogens with one attached hydrogen (secondary N) is 3. The third kappa shape index (κ3) is 8.62. The Kier molecular flexibility index (Phi) is 11.0. The third-order valence-corrected chi connectivity index (χ3v) is 10.3.